The number of fused-ring (bicyclic) bond motifs is 3. The van der Waals surface area contributed by atoms with E-state index in [4.69, 9.17) is 9.97 Å². The van der Waals surface area contributed by atoms with Crippen molar-refractivity contribution in [3.63, 3.8) is 0 Å². The molecule has 58 heavy (non-hydrogen) atoms. The van der Waals surface area contributed by atoms with Crippen molar-refractivity contribution in [3.8, 4) is 67.5 Å². The molecule has 4 aromatic heterocycles. The number of para-hydroxylation sites is 3. The minimum Gasteiger partial charge on any atom is -0.507 e. The smallest absolute Gasteiger partial charge is 0.124 e. The molecule has 0 saturated carbocycles. The molecule has 0 saturated heterocycles. The topological polar surface area (TPSA) is 50.9 Å². The molecule has 0 unspecified atom stereocenters. The van der Waals surface area contributed by atoms with Crippen molar-refractivity contribution in [3.05, 3.63) is 168 Å². The third-order valence-electron chi connectivity index (χ3n) is 10.8. The Morgan fingerprint density at radius 2 is 1.21 bits per heavy atom. The van der Waals surface area contributed by atoms with Gasteiger partial charge in [0.25, 0.3) is 0 Å². The fourth-order valence-corrected chi connectivity index (χ4v) is 8.59. The van der Waals surface area contributed by atoms with E-state index >= 15 is 0 Å². The number of nitrogens with zero attached hydrogens (tertiary/aromatic N) is 3. The van der Waals surface area contributed by atoms with Gasteiger partial charge in [0.05, 0.1) is 21.4 Å². The molecule has 0 atom stereocenters. The van der Waals surface area contributed by atoms with E-state index in [9.17, 15) is 5.11 Å². The van der Waals surface area contributed by atoms with Crippen molar-refractivity contribution in [2.24, 2.45) is 0 Å². The predicted molar refractivity (Wildman–Crippen MR) is 239 cm³/mol. The summed E-state index contributed by atoms with van der Waals surface area (Å²) >= 11 is 1.78. The Labute approximate surface area is 359 Å². The maximum Gasteiger partial charge on any atom is 0.124 e. The van der Waals surface area contributed by atoms with Gasteiger partial charge in [-0.2, -0.15) is 0 Å². The zero-order chi connectivity index (χ0) is 39.5. The fraction of sp³-hybridized carbons (Fsp3) is 0.154. The van der Waals surface area contributed by atoms with Gasteiger partial charge in [-0.25, -0.2) is 0 Å². The van der Waals surface area contributed by atoms with E-state index in [1.807, 2.05) is 24.4 Å². The minimum atomic E-state index is -0.0394. The maximum absolute atomic E-state index is 11.0. The number of phenolic OH excluding ortho intramolecular Hbond substituents is 1. The van der Waals surface area contributed by atoms with Gasteiger partial charge in [0, 0.05) is 60.9 Å². The summed E-state index contributed by atoms with van der Waals surface area (Å²) < 4.78 is 3.66. The van der Waals surface area contributed by atoms with E-state index in [0.29, 0.717) is 11.3 Å². The molecule has 0 aliphatic rings. The van der Waals surface area contributed by atoms with Crippen LogP contribution in [0, 0.1) is 6.07 Å². The van der Waals surface area contributed by atoms with Crippen molar-refractivity contribution in [1.82, 2.24) is 14.5 Å². The van der Waals surface area contributed by atoms with E-state index in [-0.39, 0.29) is 37.6 Å². The molecule has 0 aliphatic heterocycles. The zero-order valence-corrected chi connectivity index (χ0v) is 36.5. The average molecular weight is 954 g/mol. The Hall–Kier alpha value is -5.61. The van der Waals surface area contributed by atoms with Crippen LogP contribution >= 0.6 is 11.3 Å². The van der Waals surface area contributed by atoms with Crippen molar-refractivity contribution in [2.45, 2.75) is 52.4 Å². The molecule has 0 aliphatic carbocycles. The van der Waals surface area contributed by atoms with Crippen LogP contribution in [0.5, 0.6) is 5.75 Å². The summed E-state index contributed by atoms with van der Waals surface area (Å²) in [6, 6.07) is 52.2. The van der Waals surface area contributed by atoms with Crippen LogP contribution in [0.1, 0.15) is 52.7 Å². The molecule has 290 valence electrons. The summed E-state index contributed by atoms with van der Waals surface area (Å²) in [4.78, 5) is 10.1. The first-order valence-corrected chi connectivity index (χ1v) is 20.3. The third-order valence-corrected chi connectivity index (χ3v) is 11.8. The van der Waals surface area contributed by atoms with Crippen LogP contribution < -0.4 is 0 Å². The first-order chi connectivity index (χ1) is 27.4. The Kier molecular flexibility index (Phi) is 10.3. The first-order valence-electron chi connectivity index (χ1n) is 19.4. The summed E-state index contributed by atoms with van der Waals surface area (Å²) in [6.07, 6.45) is 1.90. The van der Waals surface area contributed by atoms with Crippen molar-refractivity contribution >= 4 is 32.5 Å². The van der Waals surface area contributed by atoms with Crippen molar-refractivity contribution in [2.75, 3.05) is 0 Å². The second-order valence-electron chi connectivity index (χ2n) is 16.9. The van der Waals surface area contributed by atoms with Crippen LogP contribution in [0.25, 0.3) is 82.8 Å². The first kappa shape index (κ1) is 39.2. The van der Waals surface area contributed by atoms with Gasteiger partial charge in [0.15, 0.2) is 0 Å². The summed E-state index contributed by atoms with van der Waals surface area (Å²) in [5.41, 5.74) is 15.1. The quantitative estimate of drug-likeness (QED) is 0.169. The molecular formula is C52H44N3OPtS-. The number of hydrogen-bond donors (Lipinski definition) is 1. The number of rotatable bonds is 6. The number of aromatic hydroxyl groups is 1. The number of aromatic nitrogens is 3. The van der Waals surface area contributed by atoms with Gasteiger partial charge >= 0.3 is 0 Å². The molecule has 0 spiro atoms. The Morgan fingerprint density at radius 3 is 1.93 bits per heavy atom. The predicted octanol–water partition coefficient (Wildman–Crippen LogP) is 14.1. The van der Waals surface area contributed by atoms with Gasteiger partial charge in [0.1, 0.15) is 5.75 Å². The van der Waals surface area contributed by atoms with Crippen LogP contribution in [0.3, 0.4) is 0 Å². The molecule has 5 aromatic carbocycles. The standard InChI is InChI=1S/C52H44N3OS.Pt/c1-51(2,3)38-27-36(28-39(32-38)52(4,5)6)37-30-45(54-46(31-37)42-18-10-11-21-48(42)56)35-15-12-14-34(26-35)44-29-33(22-24-53-44)41-19-13-20-43-49(41)55(40-16-8-7-9-17-40)47-23-25-57-50(43)47;/h7-25,27-32,56H,1-6H3;/q-1;. The fourth-order valence-electron chi connectivity index (χ4n) is 7.68. The number of thiophene rings is 1. The van der Waals surface area contributed by atoms with E-state index in [0.717, 1.165) is 50.5 Å². The number of pyridine rings is 2. The Bertz CT molecular complexity index is 2920. The van der Waals surface area contributed by atoms with Gasteiger partial charge in [-0.15, -0.1) is 35.6 Å². The van der Waals surface area contributed by atoms with Gasteiger partial charge in [0.2, 0.25) is 0 Å². The van der Waals surface area contributed by atoms with E-state index < -0.39 is 0 Å². The molecule has 9 rings (SSSR count). The van der Waals surface area contributed by atoms with Crippen molar-refractivity contribution in [1.29, 1.82) is 0 Å². The molecule has 9 aromatic rings. The van der Waals surface area contributed by atoms with E-state index in [1.54, 1.807) is 17.4 Å². The third kappa shape index (κ3) is 7.34. The van der Waals surface area contributed by atoms with Gasteiger partial charge in [-0.1, -0.05) is 132 Å². The normalized spacial score (nSPS) is 11.9. The van der Waals surface area contributed by atoms with Crippen LogP contribution in [0.4, 0.5) is 0 Å². The molecular weight excluding hydrogens is 910 g/mol. The van der Waals surface area contributed by atoms with Crippen molar-refractivity contribution < 1.29 is 26.2 Å². The minimum absolute atomic E-state index is 0. The molecule has 0 fully saturated rings. The molecule has 0 radical (unpaired) electrons. The zero-order valence-electron chi connectivity index (χ0n) is 33.4. The number of phenols is 1. The van der Waals surface area contributed by atoms with Gasteiger partial charge < -0.3 is 9.67 Å². The Morgan fingerprint density at radius 1 is 0.586 bits per heavy atom. The second-order valence-corrected chi connectivity index (χ2v) is 17.8. The van der Waals surface area contributed by atoms with Crippen LogP contribution in [-0.2, 0) is 31.9 Å². The molecule has 0 bridgehead atoms. The van der Waals surface area contributed by atoms with Crippen LogP contribution in [0.15, 0.2) is 151 Å². The largest absolute Gasteiger partial charge is 0.507 e. The monoisotopic (exact) mass is 953 g/mol. The van der Waals surface area contributed by atoms with E-state index in [2.05, 4.69) is 173 Å². The average Bonchev–Trinajstić information content (AvgIpc) is 3.82. The molecule has 1 N–H and O–H groups in total. The van der Waals surface area contributed by atoms with Crippen LogP contribution in [0.2, 0.25) is 0 Å². The summed E-state index contributed by atoms with van der Waals surface area (Å²) in [5.74, 6) is 0.193. The summed E-state index contributed by atoms with van der Waals surface area (Å²) in [7, 11) is 0. The SMILES string of the molecule is CC(C)(C)c1cc(-c2cc(-c3[c-]c(-c4cc(-c5cccc6c7sccc7n(-c7ccccc7)c56)ccn4)ccc3)nc(-c3ccccc3O)c2)cc(C(C)(C)C)c1.[Pt]. The van der Waals surface area contributed by atoms with Gasteiger partial charge in [-0.3, -0.25) is 9.97 Å². The maximum atomic E-state index is 11.0. The Balaban J connectivity index is 0.00000469. The molecule has 4 nitrogen and oxygen atoms in total. The summed E-state index contributed by atoms with van der Waals surface area (Å²) in [6.45, 7) is 13.6. The second kappa shape index (κ2) is 15.3. The summed E-state index contributed by atoms with van der Waals surface area (Å²) in [5, 5.41) is 14.4. The molecule has 0 amide bonds. The van der Waals surface area contributed by atoms with Crippen LogP contribution in [-0.4, -0.2) is 19.6 Å². The number of benzene rings is 5. The van der Waals surface area contributed by atoms with Gasteiger partial charge in [-0.05, 0) is 86.5 Å². The number of hydrogen-bond acceptors (Lipinski definition) is 4. The molecule has 4 heterocycles. The molecule has 6 heteroatoms. The van der Waals surface area contributed by atoms with E-state index in [1.165, 1.54) is 32.2 Å².